The number of nitrogens with zero attached hydrogens (tertiary/aromatic N) is 4. The van der Waals surface area contributed by atoms with E-state index >= 15 is 0 Å². The summed E-state index contributed by atoms with van der Waals surface area (Å²) in [6, 6.07) is 3.76. The van der Waals surface area contributed by atoms with Crippen LogP contribution in [0.4, 0.5) is 5.82 Å². The summed E-state index contributed by atoms with van der Waals surface area (Å²) in [4.78, 5) is 8.03. The summed E-state index contributed by atoms with van der Waals surface area (Å²) in [7, 11) is 0. The van der Waals surface area contributed by atoms with Crippen molar-refractivity contribution < 1.29 is 4.52 Å². The summed E-state index contributed by atoms with van der Waals surface area (Å²) >= 11 is 1.37. The molecule has 0 saturated heterocycles. The lowest BCUT2D eigenvalue weighted by atomic mass is 10.3. The van der Waals surface area contributed by atoms with E-state index in [0.29, 0.717) is 10.9 Å². The molecule has 2 aromatic heterocycles. The van der Waals surface area contributed by atoms with Gasteiger partial charge < -0.3 is 10.3 Å². The van der Waals surface area contributed by atoms with Crippen LogP contribution in [0.15, 0.2) is 21.9 Å². The predicted molar refractivity (Wildman–Crippen MR) is 62.0 cm³/mol. The Bertz CT molecular complexity index is 574. The van der Waals surface area contributed by atoms with Crippen LogP contribution in [-0.2, 0) is 5.75 Å². The molecule has 17 heavy (non-hydrogen) atoms. The van der Waals surface area contributed by atoms with E-state index in [-0.39, 0.29) is 11.4 Å². The number of aromatic nitrogens is 3. The average molecular weight is 247 g/mol. The smallest absolute Gasteiger partial charge is 0.189 e. The van der Waals surface area contributed by atoms with Crippen molar-refractivity contribution in [1.29, 1.82) is 5.26 Å². The number of hydrogen-bond acceptors (Lipinski definition) is 7. The van der Waals surface area contributed by atoms with Gasteiger partial charge in [-0.3, -0.25) is 0 Å². The number of rotatable bonds is 3. The number of nitriles is 1. The minimum Gasteiger partial charge on any atom is -0.382 e. The molecule has 7 heteroatoms. The molecule has 0 aliphatic carbocycles. The molecule has 2 N–H and O–H groups in total. The van der Waals surface area contributed by atoms with Crippen molar-refractivity contribution in [3.8, 4) is 6.07 Å². The Kier molecular flexibility index (Phi) is 3.25. The van der Waals surface area contributed by atoms with Crippen molar-refractivity contribution >= 4 is 17.6 Å². The van der Waals surface area contributed by atoms with E-state index in [4.69, 9.17) is 15.5 Å². The van der Waals surface area contributed by atoms with Gasteiger partial charge in [0.1, 0.15) is 23.2 Å². The molecule has 0 aromatic carbocycles. The molecule has 0 fully saturated rings. The molecular weight excluding hydrogens is 238 g/mol. The fourth-order valence-corrected chi connectivity index (χ4v) is 1.85. The highest BCUT2D eigenvalue weighted by atomic mass is 32.2. The van der Waals surface area contributed by atoms with Gasteiger partial charge in [0, 0.05) is 6.07 Å². The van der Waals surface area contributed by atoms with Gasteiger partial charge in [-0.25, -0.2) is 9.97 Å². The number of aryl methyl sites for hydroxylation is 1. The molecule has 2 rings (SSSR count). The molecule has 0 aliphatic rings. The lowest BCUT2D eigenvalue weighted by molar-refractivity contribution is 0.391. The molecule has 0 saturated carbocycles. The monoisotopic (exact) mass is 247 g/mol. The van der Waals surface area contributed by atoms with Crippen LogP contribution in [-0.4, -0.2) is 15.1 Å². The maximum atomic E-state index is 8.68. The van der Waals surface area contributed by atoms with Crippen molar-refractivity contribution in [2.45, 2.75) is 17.8 Å². The SMILES string of the molecule is Cc1cc(CSc2ncc(C#N)c(N)n2)on1. The molecule has 2 aromatic rings. The summed E-state index contributed by atoms with van der Waals surface area (Å²) in [6.07, 6.45) is 1.41. The second-order valence-corrected chi connectivity index (χ2v) is 4.23. The standard InChI is InChI=1S/C10H9N5OS/c1-6-2-8(16-15-6)5-17-10-13-4-7(3-11)9(12)14-10/h2,4H,5H2,1H3,(H2,12,13,14). The zero-order chi connectivity index (χ0) is 12.3. The summed E-state index contributed by atoms with van der Waals surface area (Å²) in [5.41, 5.74) is 6.70. The molecule has 0 spiro atoms. The topological polar surface area (TPSA) is 102 Å². The molecule has 0 bridgehead atoms. The van der Waals surface area contributed by atoms with Crippen molar-refractivity contribution in [2.75, 3.05) is 5.73 Å². The molecule has 2 heterocycles. The van der Waals surface area contributed by atoms with Crippen molar-refractivity contribution in [1.82, 2.24) is 15.1 Å². The molecule has 0 amide bonds. The highest BCUT2D eigenvalue weighted by molar-refractivity contribution is 7.98. The normalized spacial score (nSPS) is 10.1. The van der Waals surface area contributed by atoms with Gasteiger partial charge in [0.2, 0.25) is 0 Å². The van der Waals surface area contributed by atoms with Gasteiger partial charge in [-0.2, -0.15) is 5.26 Å². The van der Waals surface area contributed by atoms with Crippen molar-refractivity contribution in [3.63, 3.8) is 0 Å². The Morgan fingerprint density at radius 2 is 2.41 bits per heavy atom. The second kappa shape index (κ2) is 4.84. The molecule has 86 valence electrons. The first-order valence-corrected chi connectivity index (χ1v) is 5.75. The van der Waals surface area contributed by atoms with Crippen LogP contribution < -0.4 is 5.73 Å². The van der Waals surface area contributed by atoms with E-state index in [1.807, 2.05) is 19.1 Å². The van der Waals surface area contributed by atoms with E-state index in [1.54, 1.807) is 0 Å². The predicted octanol–water partition coefficient (Wildman–Crippen LogP) is 1.52. The molecular formula is C10H9N5OS. The highest BCUT2D eigenvalue weighted by Gasteiger charge is 2.06. The van der Waals surface area contributed by atoms with E-state index in [1.165, 1.54) is 18.0 Å². The lowest BCUT2D eigenvalue weighted by Crippen LogP contribution is -1.98. The quantitative estimate of drug-likeness (QED) is 0.648. The number of thioether (sulfide) groups is 1. The van der Waals surface area contributed by atoms with Crippen LogP contribution in [0.2, 0.25) is 0 Å². The summed E-state index contributed by atoms with van der Waals surface area (Å²) in [5, 5.41) is 13.0. The fourth-order valence-electron chi connectivity index (χ4n) is 1.15. The van der Waals surface area contributed by atoms with Crippen molar-refractivity contribution in [3.05, 3.63) is 29.3 Å². The highest BCUT2D eigenvalue weighted by Crippen LogP contribution is 2.20. The summed E-state index contributed by atoms with van der Waals surface area (Å²) in [5.74, 6) is 1.52. The fraction of sp³-hybridized carbons (Fsp3) is 0.200. The van der Waals surface area contributed by atoms with Gasteiger partial charge in [-0.15, -0.1) is 0 Å². The average Bonchev–Trinajstić information content (AvgIpc) is 2.73. The molecule has 0 unspecified atom stereocenters. The molecule has 0 aliphatic heterocycles. The van der Waals surface area contributed by atoms with Crippen LogP contribution in [0.1, 0.15) is 17.0 Å². The molecule has 0 radical (unpaired) electrons. The third-order valence-electron chi connectivity index (χ3n) is 1.94. The molecule has 6 nitrogen and oxygen atoms in total. The Balaban J connectivity index is 2.05. The first kappa shape index (κ1) is 11.4. The van der Waals surface area contributed by atoms with E-state index in [9.17, 15) is 0 Å². The maximum absolute atomic E-state index is 8.68. The number of anilines is 1. The summed E-state index contributed by atoms with van der Waals surface area (Å²) < 4.78 is 5.05. The first-order valence-electron chi connectivity index (χ1n) is 4.76. The van der Waals surface area contributed by atoms with Gasteiger partial charge in [-0.1, -0.05) is 16.9 Å². The maximum Gasteiger partial charge on any atom is 0.189 e. The number of nitrogen functional groups attached to an aromatic ring is 1. The van der Waals surface area contributed by atoms with Crippen LogP contribution in [0, 0.1) is 18.3 Å². The third kappa shape index (κ3) is 2.73. The van der Waals surface area contributed by atoms with Gasteiger partial charge in [0.15, 0.2) is 5.16 Å². The van der Waals surface area contributed by atoms with Gasteiger partial charge in [-0.05, 0) is 6.92 Å². The van der Waals surface area contributed by atoms with E-state index < -0.39 is 0 Å². The Morgan fingerprint density at radius 1 is 1.59 bits per heavy atom. The zero-order valence-electron chi connectivity index (χ0n) is 9.04. The lowest BCUT2D eigenvalue weighted by Gasteiger charge is -1.99. The Labute approximate surface area is 102 Å². The number of hydrogen-bond donors (Lipinski definition) is 1. The Morgan fingerprint density at radius 3 is 3.00 bits per heavy atom. The minimum absolute atomic E-state index is 0.193. The van der Waals surface area contributed by atoms with Crippen molar-refractivity contribution in [2.24, 2.45) is 0 Å². The van der Waals surface area contributed by atoms with Crippen LogP contribution >= 0.6 is 11.8 Å². The van der Waals surface area contributed by atoms with Crippen LogP contribution in [0.3, 0.4) is 0 Å². The van der Waals surface area contributed by atoms with Gasteiger partial charge in [0.05, 0.1) is 17.6 Å². The Hall–Kier alpha value is -2.07. The third-order valence-corrected chi connectivity index (χ3v) is 2.82. The first-order chi connectivity index (χ1) is 8.19. The zero-order valence-corrected chi connectivity index (χ0v) is 9.86. The molecule has 0 atom stereocenters. The van der Waals surface area contributed by atoms with E-state index in [2.05, 4.69) is 15.1 Å². The summed E-state index contributed by atoms with van der Waals surface area (Å²) in [6.45, 7) is 1.86. The largest absolute Gasteiger partial charge is 0.382 e. The van der Waals surface area contributed by atoms with Crippen LogP contribution in [0.25, 0.3) is 0 Å². The minimum atomic E-state index is 0.193. The van der Waals surface area contributed by atoms with Crippen LogP contribution in [0.5, 0.6) is 0 Å². The van der Waals surface area contributed by atoms with E-state index in [0.717, 1.165) is 11.5 Å². The van der Waals surface area contributed by atoms with Gasteiger partial charge in [0.25, 0.3) is 0 Å². The second-order valence-electron chi connectivity index (χ2n) is 3.29. The van der Waals surface area contributed by atoms with Gasteiger partial charge >= 0.3 is 0 Å². The number of nitrogens with two attached hydrogens (primary N) is 1.